The second-order valence-electron chi connectivity index (χ2n) is 4.44. The Labute approximate surface area is 105 Å². The molecule has 1 aromatic rings. The van der Waals surface area contributed by atoms with Crippen LogP contribution in [0.1, 0.15) is 31.5 Å². The predicted octanol–water partition coefficient (Wildman–Crippen LogP) is 2.93. The lowest BCUT2D eigenvalue weighted by Crippen LogP contribution is -2.41. The van der Waals surface area contributed by atoms with Gasteiger partial charge in [0.15, 0.2) is 0 Å². The summed E-state index contributed by atoms with van der Waals surface area (Å²) in [4.78, 5) is 11.5. The number of rotatable bonds is 2. The van der Waals surface area contributed by atoms with Crippen LogP contribution in [0.25, 0.3) is 0 Å². The van der Waals surface area contributed by atoms with E-state index in [0.717, 1.165) is 11.6 Å². The van der Waals surface area contributed by atoms with Crippen molar-refractivity contribution in [2.45, 2.75) is 43.5 Å². The third-order valence-electron chi connectivity index (χ3n) is 3.27. The van der Waals surface area contributed by atoms with Crippen molar-refractivity contribution in [1.82, 2.24) is 9.97 Å². The van der Waals surface area contributed by atoms with Gasteiger partial charge in [0.05, 0.1) is 0 Å². The molecule has 0 amide bonds. The van der Waals surface area contributed by atoms with Gasteiger partial charge in [0.2, 0.25) is 0 Å². The number of anilines is 1. The van der Waals surface area contributed by atoms with Gasteiger partial charge in [-0.3, -0.25) is 0 Å². The number of hydrogen-bond donors (Lipinski definition) is 0. The average Bonchev–Trinajstić information content (AvgIpc) is 2.29. The fourth-order valence-electron chi connectivity index (χ4n) is 2.31. The molecule has 1 aromatic heterocycles. The summed E-state index contributed by atoms with van der Waals surface area (Å²) in [5.74, 6) is 1.87. The highest BCUT2D eigenvalue weighted by Crippen LogP contribution is 2.29. The first kappa shape index (κ1) is 11.8. The molecule has 0 radical (unpaired) electrons. The van der Waals surface area contributed by atoms with E-state index in [1.165, 1.54) is 25.7 Å². The van der Waals surface area contributed by atoms with Crippen LogP contribution in [0.2, 0.25) is 0 Å². The first-order chi connectivity index (χ1) is 7.68. The molecule has 88 valence electrons. The molecule has 0 bridgehead atoms. The van der Waals surface area contributed by atoms with Gasteiger partial charge in [-0.25, -0.2) is 9.97 Å². The Morgan fingerprint density at radius 1 is 1.38 bits per heavy atom. The zero-order chi connectivity index (χ0) is 11.5. The van der Waals surface area contributed by atoms with Crippen molar-refractivity contribution in [3.63, 3.8) is 0 Å². The smallest absolute Gasteiger partial charge is 0.132 e. The number of halogens is 1. The summed E-state index contributed by atoms with van der Waals surface area (Å²) in [5.41, 5.74) is 0. The van der Waals surface area contributed by atoms with Gasteiger partial charge in [-0.2, -0.15) is 0 Å². The maximum Gasteiger partial charge on any atom is 0.132 e. The molecule has 2 unspecified atom stereocenters. The molecule has 1 saturated carbocycles. The van der Waals surface area contributed by atoms with Crippen LogP contribution < -0.4 is 4.90 Å². The first-order valence-corrected chi connectivity index (χ1v) is 6.76. The number of aryl methyl sites for hydroxylation is 1. The van der Waals surface area contributed by atoms with Crippen molar-refractivity contribution in [2.24, 2.45) is 0 Å². The summed E-state index contributed by atoms with van der Waals surface area (Å²) in [7, 11) is 2.13. The lowest BCUT2D eigenvalue weighted by Gasteiger charge is -2.35. The molecule has 2 atom stereocenters. The van der Waals surface area contributed by atoms with Crippen LogP contribution in [0.15, 0.2) is 12.3 Å². The number of nitrogens with zero attached hydrogens (tertiary/aromatic N) is 3. The summed E-state index contributed by atoms with van der Waals surface area (Å²) >= 11 is 3.79. The van der Waals surface area contributed by atoms with E-state index in [1.54, 1.807) is 0 Å². The van der Waals surface area contributed by atoms with Crippen molar-refractivity contribution in [3.05, 3.63) is 18.1 Å². The maximum atomic E-state index is 4.48. The molecule has 0 saturated heterocycles. The predicted molar refractivity (Wildman–Crippen MR) is 70.1 cm³/mol. The van der Waals surface area contributed by atoms with Gasteiger partial charge in [-0.05, 0) is 25.8 Å². The summed E-state index contributed by atoms with van der Waals surface area (Å²) in [5, 5.41) is 0. The lowest BCUT2D eigenvalue weighted by atomic mass is 9.94. The van der Waals surface area contributed by atoms with Crippen molar-refractivity contribution >= 4 is 21.7 Å². The number of aromatic nitrogens is 2. The Morgan fingerprint density at radius 2 is 2.12 bits per heavy atom. The molecule has 0 aromatic carbocycles. The van der Waals surface area contributed by atoms with Crippen LogP contribution in [0.5, 0.6) is 0 Å². The Hall–Kier alpha value is -0.640. The van der Waals surface area contributed by atoms with Crippen LogP contribution >= 0.6 is 15.9 Å². The SMILES string of the molecule is Cc1nccc(N(C)C2CCCCC2Br)n1. The first-order valence-electron chi connectivity index (χ1n) is 5.85. The zero-order valence-corrected chi connectivity index (χ0v) is 11.4. The minimum absolute atomic E-state index is 0.558. The van der Waals surface area contributed by atoms with Crippen LogP contribution in [0, 0.1) is 6.92 Å². The van der Waals surface area contributed by atoms with Crippen molar-refractivity contribution in [1.29, 1.82) is 0 Å². The minimum atomic E-state index is 0.558. The van der Waals surface area contributed by atoms with E-state index < -0.39 is 0 Å². The highest BCUT2D eigenvalue weighted by atomic mass is 79.9. The Morgan fingerprint density at radius 3 is 2.81 bits per heavy atom. The second-order valence-corrected chi connectivity index (χ2v) is 5.62. The van der Waals surface area contributed by atoms with E-state index in [-0.39, 0.29) is 0 Å². The Bertz CT molecular complexity index is 356. The monoisotopic (exact) mass is 283 g/mol. The normalized spacial score (nSPS) is 25.4. The molecule has 16 heavy (non-hydrogen) atoms. The van der Waals surface area contributed by atoms with Gasteiger partial charge < -0.3 is 4.90 Å². The maximum absolute atomic E-state index is 4.48. The van der Waals surface area contributed by atoms with Crippen LogP contribution in [0.4, 0.5) is 5.82 Å². The van der Waals surface area contributed by atoms with Crippen molar-refractivity contribution in [2.75, 3.05) is 11.9 Å². The van der Waals surface area contributed by atoms with E-state index in [9.17, 15) is 0 Å². The molecule has 2 rings (SSSR count). The number of hydrogen-bond acceptors (Lipinski definition) is 3. The van der Waals surface area contributed by atoms with Gasteiger partial charge in [0.1, 0.15) is 11.6 Å². The third-order valence-corrected chi connectivity index (χ3v) is 4.34. The van der Waals surface area contributed by atoms with Crippen molar-refractivity contribution in [3.8, 4) is 0 Å². The molecule has 1 fully saturated rings. The molecule has 1 heterocycles. The summed E-state index contributed by atoms with van der Waals surface area (Å²) in [6, 6.07) is 2.55. The minimum Gasteiger partial charge on any atom is -0.355 e. The fourth-order valence-corrected chi connectivity index (χ4v) is 3.26. The summed E-state index contributed by atoms with van der Waals surface area (Å²) in [6.07, 6.45) is 7.00. The molecular formula is C12H18BrN3. The molecule has 0 aliphatic heterocycles. The van der Waals surface area contributed by atoms with Gasteiger partial charge in [-0.15, -0.1) is 0 Å². The molecule has 0 spiro atoms. The van der Waals surface area contributed by atoms with Gasteiger partial charge >= 0.3 is 0 Å². The van der Waals surface area contributed by atoms with E-state index in [0.29, 0.717) is 10.9 Å². The average molecular weight is 284 g/mol. The van der Waals surface area contributed by atoms with Gasteiger partial charge in [-0.1, -0.05) is 28.8 Å². The molecule has 4 heteroatoms. The highest BCUT2D eigenvalue weighted by molar-refractivity contribution is 9.09. The highest BCUT2D eigenvalue weighted by Gasteiger charge is 2.26. The second kappa shape index (κ2) is 5.13. The van der Waals surface area contributed by atoms with Crippen LogP contribution in [-0.4, -0.2) is 27.9 Å². The molecule has 1 aliphatic rings. The molecule has 3 nitrogen and oxygen atoms in total. The van der Waals surface area contributed by atoms with Crippen LogP contribution in [-0.2, 0) is 0 Å². The topological polar surface area (TPSA) is 29.0 Å². The largest absolute Gasteiger partial charge is 0.355 e. The number of alkyl halides is 1. The van der Waals surface area contributed by atoms with E-state index in [4.69, 9.17) is 0 Å². The third kappa shape index (κ3) is 2.54. The standard InChI is InChI=1S/C12H18BrN3/c1-9-14-8-7-12(15-9)16(2)11-6-4-3-5-10(11)13/h7-8,10-11H,3-6H2,1-2H3. The van der Waals surface area contributed by atoms with Gasteiger partial charge in [0.25, 0.3) is 0 Å². The Balaban J connectivity index is 2.14. The Kier molecular flexibility index (Phi) is 3.79. The fraction of sp³-hybridized carbons (Fsp3) is 0.667. The lowest BCUT2D eigenvalue weighted by molar-refractivity contribution is 0.442. The van der Waals surface area contributed by atoms with Gasteiger partial charge in [0, 0.05) is 24.1 Å². The van der Waals surface area contributed by atoms with Crippen LogP contribution in [0.3, 0.4) is 0 Å². The van der Waals surface area contributed by atoms with E-state index in [1.807, 2.05) is 19.2 Å². The molecule has 0 N–H and O–H groups in total. The van der Waals surface area contributed by atoms with Crippen molar-refractivity contribution < 1.29 is 0 Å². The summed E-state index contributed by atoms with van der Waals surface area (Å²) < 4.78 is 0. The van der Waals surface area contributed by atoms with E-state index in [2.05, 4.69) is 37.8 Å². The molecular weight excluding hydrogens is 266 g/mol. The quantitative estimate of drug-likeness (QED) is 0.782. The molecule has 1 aliphatic carbocycles. The van der Waals surface area contributed by atoms with E-state index >= 15 is 0 Å². The summed E-state index contributed by atoms with van der Waals surface area (Å²) in [6.45, 7) is 1.93. The zero-order valence-electron chi connectivity index (χ0n) is 9.86.